The van der Waals surface area contributed by atoms with E-state index in [9.17, 15) is 0 Å². The van der Waals surface area contributed by atoms with Gasteiger partial charge in [-0.1, -0.05) is 33.1 Å². The highest BCUT2D eigenvalue weighted by Crippen LogP contribution is 2.36. The van der Waals surface area contributed by atoms with Gasteiger partial charge in [0.15, 0.2) is 0 Å². The first-order valence-electron chi connectivity index (χ1n) is 9.30. The van der Waals surface area contributed by atoms with Crippen molar-refractivity contribution in [2.45, 2.75) is 82.9 Å². The van der Waals surface area contributed by atoms with Crippen LogP contribution < -0.4 is 5.32 Å². The molecule has 0 bridgehead atoms. The molecule has 1 N–H and O–H groups in total. The third-order valence-corrected chi connectivity index (χ3v) is 6.07. The molecule has 0 aromatic heterocycles. The molecule has 0 aromatic carbocycles. The van der Waals surface area contributed by atoms with Gasteiger partial charge in [-0.05, 0) is 38.0 Å². The molecule has 122 valence electrons. The molecule has 0 aromatic rings. The highest BCUT2D eigenvalue weighted by Gasteiger charge is 2.43. The van der Waals surface area contributed by atoms with Crippen molar-refractivity contribution in [1.29, 1.82) is 0 Å². The lowest BCUT2D eigenvalue weighted by molar-refractivity contribution is -0.0599. The van der Waals surface area contributed by atoms with Gasteiger partial charge in [-0.15, -0.1) is 0 Å². The zero-order valence-electron chi connectivity index (χ0n) is 14.1. The Morgan fingerprint density at radius 1 is 1.14 bits per heavy atom. The minimum absolute atomic E-state index is 0.435. The summed E-state index contributed by atoms with van der Waals surface area (Å²) in [6.07, 6.45) is 11.4. The monoisotopic (exact) mass is 294 g/mol. The lowest BCUT2D eigenvalue weighted by atomic mass is 9.77. The van der Waals surface area contributed by atoms with Crippen molar-refractivity contribution in [1.82, 2.24) is 10.2 Å². The van der Waals surface area contributed by atoms with Crippen LogP contribution in [0.4, 0.5) is 0 Å². The number of hydrogen-bond donors (Lipinski definition) is 1. The molecule has 2 saturated heterocycles. The van der Waals surface area contributed by atoms with Gasteiger partial charge in [-0.2, -0.15) is 0 Å². The van der Waals surface area contributed by atoms with Crippen LogP contribution >= 0.6 is 0 Å². The first-order chi connectivity index (χ1) is 10.2. The highest BCUT2D eigenvalue weighted by atomic mass is 16.5. The third-order valence-electron chi connectivity index (χ3n) is 6.07. The minimum atomic E-state index is 0.435. The fourth-order valence-electron chi connectivity index (χ4n) is 4.54. The van der Waals surface area contributed by atoms with Crippen LogP contribution in [0.1, 0.15) is 65.2 Å². The predicted molar refractivity (Wildman–Crippen MR) is 87.6 cm³/mol. The van der Waals surface area contributed by atoms with Gasteiger partial charge in [0.1, 0.15) is 0 Å². The van der Waals surface area contributed by atoms with Crippen LogP contribution in [0.15, 0.2) is 0 Å². The molecule has 2 unspecified atom stereocenters. The van der Waals surface area contributed by atoms with Gasteiger partial charge in [-0.3, -0.25) is 4.90 Å². The van der Waals surface area contributed by atoms with Crippen LogP contribution in [0.2, 0.25) is 0 Å². The Kier molecular flexibility index (Phi) is 5.23. The van der Waals surface area contributed by atoms with E-state index >= 15 is 0 Å². The topological polar surface area (TPSA) is 24.5 Å². The van der Waals surface area contributed by atoms with E-state index in [1.165, 1.54) is 71.0 Å². The van der Waals surface area contributed by atoms with Crippen LogP contribution in [-0.2, 0) is 4.74 Å². The second kappa shape index (κ2) is 6.97. The van der Waals surface area contributed by atoms with E-state index in [0.29, 0.717) is 17.7 Å². The van der Waals surface area contributed by atoms with Crippen LogP contribution in [0.5, 0.6) is 0 Å². The molecular weight excluding hydrogens is 260 g/mol. The maximum atomic E-state index is 6.05. The van der Waals surface area contributed by atoms with E-state index in [0.717, 1.165) is 12.5 Å². The lowest BCUT2D eigenvalue weighted by Gasteiger charge is -2.53. The van der Waals surface area contributed by atoms with Gasteiger partial charge >= 0.3 is 0 Å². The number of rotatable bonds is 3. The second-order valence-corrected chi connectivity index (χ2v) is 7.91. The molecule has 2 aliphatic heterocycles. The molecule has 21 heavy (non-hydrogen) atoms. The summed E-state index contributed by atoms with van der Waals surface area (Å²) in [4.78, 5) is 2.84. The number of ether oxygens (including phenoxy) is 1. The summed E-state index contributed by atoms with van der Waals surface area (Å²) < 4.78 is 6.05. The summed E-state index contributed by atoms with van der Waals surface area (Å²) in [5.74, 6) is 0.723. The van der Waals surface area contributed by atoms with Crippen LogP contribution in [0, 0.1) is 5.92 Å². The van der Waals surface area contributed by atoms with Gasteiger partial charge in [0, 0.05) is 37.8 Å². The highest BCUT2D eigenvalue weighted by molar-refractivity contribution is 5.01. The van der Waals surface area contributed by atoms with E-state index in [2.05, 4.69) is 24.1 Å². The summed E-state index contributed by atoms with van der Waals surface area (Å²) in [6.45, 7) is 9.28. The molecule has 1 spiro atoms. The van der Waals surface area contributed by atoms with Crippen molar-refractivity contribution in [3.63, 3.8) is 0 Å². The zero-order chi connectivity index (χ0) is 14.7. The Morgan fingerprint density at radius 3 is 2.62 bits per heavy atom. The molecule has 2 atom stereocenters. The quantitative estimate of drug-likeness (QED) is 0.865. The summed E-state index contributed by atoms with van der Waals surface area (Å²) >= 11 is 0. The number of nitrogens with one attached hydrogen (secondary N) is 1. The fraction of sp³-hybridized carbons (Fsp3) is 1.00. The standard InChI is InChI=1S/C18H34N2O/c1-15(2)17-13-20(12-16-8-4-7-11-21-16)18(14-19-17)9-5-3-6-10-18/h15-17,19H,3-14H2,1-2H3. The molecule has 0 amide bonds. The van der Waals surface area contributed by atoms with Crippen molar-refractivity contribution in [3.05, 3.63) is 0 Å². The fourth-order valence-corrected chi connectivity index (χ4v) is 4.54. The molecule has 3 fully saturated rings. The lowest BCUT2D eigenvalue weighted by Crippen LogP contribution is -2.67. The van der Waals surface area contributed by atoms with Crippen molar-refractivity contribution in [2.75, 3.05) is 26.2 Å². The van der Waals surface area contributed by atoms with Crippen molar-refractivity contribution >= 4 is 0 Å². The SMILES string of the molecule is CC(C)C1CN(CC2CCCCO2)C2(CCCCC2)CN1. The van der Waals surface area contributed by atoms with Crippen LogP contribution in [0.3, 0.4) is 0 Å². The van der Waals surface area contributed by atoms with Crippen LogP contribution in [0.25, 0.3) is 0 Å². The Bertz CT molecular complexity index is 319. The molecule has 3 heteroatoms. The minimum Gasteiger partial charge on any atom is -0.377 e. The summed E-state index contributed by atoms with van der Waals surface area (Å²) in [5.41, 5.74) is 0.435. The van der Waals surface area contributed by atoms with Crippen LogP contribution in [-0.4, -0.2) is 48.8 Å². The predicted octanol–water partition coefficient (Wildman–Crippen LogP) is 3.19. The molecule has 0 radical (unpaired) electrons. The Balaban J connectivity index is 1.68. The van der Waals surface area contributed by atoms with E-state index in [4.69, 9.17) is 4.74 Å². The average molecular weight is 294 g/mol. The van der Waals surface area contributed by atoms with Gasteiger partial charge < -0.3 is 10.1 Å². The largest absolute Gasteiger partial charge is 0.377 e. The van der Waals surface area contributed by atoms with Gasteiger partial charge in [-0.25, -0.2) is 0 Å². The van der Waals surface area contributed by atoms with Gasteiger partial charge in [0.05, 0.1) is 6.10 Å². The van der Waals surface area contributed by atoms with Crippen molar-refractivity contribution < 1.29 is 4.74 Å². The maximum absolute atomic E-state index is 6.05. The molecule has 3 rings (SSSR count). The molecular formula is C18H34N2O. The number of nitrogens with zero attached hydrogens (tertiary/aromatic N) is 1. The smallest absolute Gasteiger partial charge is 0.0702 e. The Morgan fingerprint density at radius 2 is 1.95 bits per heavy atom. The normalized spacial score (nSPS) is 34.4. The van der Waals surface area contributed by atoms with Gasteiger partial charge in [0.2, 0.25) is 0 Å². The van der Waals surface area contributed by atoms with Gasteiger partial charge in [0.25, 0.3) is 0 Å². The molecule has 3 aliphatic rings. The molecule has 2 heterocycles. The zero-order valence-corrected chi connectivity index (χ0v) is 14.1. The molecule has 3 nitrogen and oxygen atoms in total. The summed E-state index contributed by atoms with van der Waals surface area (Å²) in [6, 6.07) is 0.654. The second-order valence-electron chi connectivity index (χ2n) is 7.91. The summed E-state index contributed by atoms with van der Waals surface area (Å²) in [7, 11) is 0. The number of hydrogen-bond acceptors (Lipinski definition) is 3. The van der Waals surface area contributed by atoms with E-state index < -0.39 is 0 Å². The van der Waals surface area contributed by atoms with E-state index in [1.807, 2.05) is 0 Å². The third kappa shape index (κ3) is 3.62. The van der Waals surface area contributed by atoms with Crippen molar-refractivity contribution in [3.8, 4) is 0 Å². The first kappa shape index (κ1) is 15.8. The number of piperazine rings is 1. The maximum Gasteiger partial charge on any atom is 0.0702 e. The molecule has 1 aliphatic carbocycles. The molecule has 1 saturated carbocycles. The van der Waals surface area contributed by atoms with E-state index in [1.54, 1.807) is 0 Å². The first-order valence-corrected chi connectivity index (χ1v) is 9.30. The Labute approximate surface area is 130 Å². The Hall–Kier alpha value is -0.120. The summed E-state index contributed by atoms with van der Waals surface area (Å²) in [5, 5.41) is 3.86. The van der Waals surface area contributed by atoms with E-state index in [-0.39, 0.29) is 0 Å². The average Bonchev–Trinajstić information content (AvgIpc) is 2.51. The van der Waals surface area contributed by atoms with Crippen molar-refractivity contribution in [2.24, 2.45) is 5.92 Å².